The van der Waals surface area contributed by atoms with Crippen molar-refractivity contribution in [3.63, 3.8) is 0 Å². The number of hydrogen-bond donors (Lipinski definition) is 0. The highest BCUT2D eigenvalue weighted by atomic mass is 16.6. The molecule has 8 heteroatoms. The molecule has 8 nitrogen and oxygen atoms in total. The molecule has 0 saturated carbocycles. The summed E-state index contributed by atoms with van der Waals surface area (Å²) < 4.78 is 21.8. The van der Waals surface area contributed by atoms with E-state index in [-0.39, 0.29) is 12.1 Å². The lowest BCUT2D eigenvalue weighted by Gasteiger charge is -2.29. The molecule has 0 radical (unpaired) electrons. The second kappa shape index (κ2) is 8.32. The number of nitrogens with zero attached hydrogens (tertiary/aromatic N) is 3. The predicted molar refractivity (Wildman–Crippen MR) is 104 cm³/mol. The average Bonchev–Trinajstić information content (AvgIpc) is 3.21. The zero-order valence-corrected chi connectivity index (χ0v) is 16.2. The van der Waals surface area contributed by atoms with Gasteiger partial charge in [0.2, 0.25) is 11.7 Å². The molecule has 4 rings (SSSR count). The van der Waals surface area contributed by atoms with Gasteiger partial charge in [-0.2, -0.15) is 4.98 Å². The molecule has 0 aliphatic carbocycles. The summed E-state index contributed by atoms with van der Waals surface area (Å²) >= 11 is 0. The van der Waals surface area contributed by atoms with Crippen molar-refractivity contribution in [2.24, 2.45) is 0 Å². The van der Waals surface area contributed by atoms with E-state index in [0.29, 0.717) is 37.0 Å². The smallest absolute Gasteiger partial charge is 0.337 e. The maximum Gasteiger partial charge on any atom is 0.337 e. The van der Waals surface area contributed by atoms with Crippen molar-refractivity contribution in [3.05, 3.63) is 60.0 Å². The maximum atomic E-state index is 11.5. The van der Waals surface area contributed by atoms with Crippen LogP contribution in [0.15, 0.2) is 53.1 Å². The molecule has 150 valence electrons. The first-order chi connectivity index (χ1) is 14.1. The molecular weight excluding hydrogens is 374 g/mol. The van der Waals surface area contributed by atoms with Gasteiger partial charge in [-0.1, -0.05) is 29.4 Å². The number of carbonyl (C=O) groups is 1. The fraction of sp³-hybridized carbons (Fsp3) is 0.286. The van der Waals surface area contributed by atoms with Gasteiger partial charge in [-0.25, -0.2) is 4.79 Å². The first-order valence-electron chi connectivity index (χ1n) is 9.21. The Kier molecular flexibility index (Phi) is 5.44. The highest BCUT2D eigenvalue weighted by Gasteiger charge is 2.22. The topological polar surface area (TPSA) is 86.9 Å². The molecule has 0 saturated heterocycles. The number of fused-ring (bicyclic) bond motifs is 1. The lowest BCUT2D eigenvalue weighted by molar-refractivity contribution is 0.0600. The standard InChI is InChI=1S/C21H21N3O5/c1-24(11-16-13-27-17-5-3-4-6-18(17)28-16)12-19-22-20(23-29-19)14-7-9-15(10-8-14)21(25)26-2/h3-10,16H,11-13H2,1-2H3/t16-/m1/s1. The quantitative estimate of drug-likeness (QED) is 0.589. The third-order valence-corrected chi connectivity index (χ3v) is 4.52. The van der Waals surface area contributed by atoms with E-state index in [0.717, 1.165) is 17.1 Å². The second-order valence-electron chi connectivity index (χ2n) is 6.78. The predicted octanol–water partition coefficient (Wildman–Crippen LogP) is 2.80. The minimum atomic E-state index is -0.386. The van der Waals surface area contributed by atoms with Crippen molar-refractivity contribution in [1.29, 1.82) is 0 Å². The van der Waals surface area contributed by atoms with Gasteiger partial charge in [0, 0.05) is 12.1 Å². The van der Waals surface area contributed by atoms with Gasteiger partial charge < -0.3 is 18.7 Å². The molecule has 2 aromatic carbocycles. The fourth-order valence-corrected chi connectivity index (χ4v) is 3.11. The summed E-state index contributed by atoms with van der Waals surface area (Å²) in [4.78, 5) is 18.0. The van der Waals surface area contributed by atoms with Crippen molar-refractivity contribution in [2.75, 3.05) is 27.3 Å². The van der Waals surface area contributed by atoms with E-state index in [1.807, 2.05) is 36.2 Å². The van der Waals surface area contributed by atoms with Crippen LogP contribution < -0.4 is 9.47 Å². The zero-order chi connectivity index (χ0) is 20.2. The van der Waals surface area contributed by atoms with E-state index in [1.54, 1.807) is 24.3 Å². The molecular formula is C21H21N3O5. The number of hydrogen-bond acceptors (Lipinski definition) is 8. The summed E-state index contributed by atoms with van der Waals surface area (Å²) in [5, 5.41) is 4.03. The summed E-state index contributed by atoms with van der Waals surface area (Å²) in [5.41, 5.74) is 1.23. The largest absolute Gasteiger partial charge is 0.486 e. The first-order valence-corrected chi connectivity index (χ1v) is 9.21. The van der Waals surface area contributed by atoms with E-state index in [4.69, 9.17) is 18.7 Å². The SMILES string of the molecule is COC(=O)c1ccc(-c2noc(CN(C)C[C@@H]3COc4ccccc4O3)n2)cc1. The van der Waals surface area contributed by atoms with E-state index in [9.17, 15) is 4.79 Å². The van der Waals surface area contributed by atoms with Gasteiger partial charge >= 0.3 is 5.97 Å². The zero-order valence-electron chi connectivity index (χ0n) is 16.2. The highest BCUT2D eigenvalue weighted by molar-refractivity contribution is 5.89. The third kappa shape index (κ3) is 4.38. The molecule has 0 bridgehead atoms. The van der Waals surface area contributed by atoms with Crippen LogP contribution in [0.3, 0.4) is 0 Å². The monoisotopic (exact) mass is 395 g/mol. The Bertz CT molecular complexity index is 986. The van der Waals surface area contributed by atoms with Crippen molar-refractivity contribution < 1.29 is 23.5 Å². The normalized spacial score (nSPS) is 15.3. The Labute approximate surface area is 168 Å². The molecule has 1 aliphatic heterocycles. The van der Waals surface area contributed by atoms with E-state index < -0.39 is 0 Å². The van der Waals surface area contributed by atoms with Gasteiger partial charge in [0.25, 0.3) is 0 Å². The van der Waals surface area contributed by atoms with Crippen LogP contribution in [0.1, 0.15) is 16.2 Å². The van der Waals surface area contributed by atoms with E-state index >= 15 is 0 Å². The summed E-state index contributed by atoms with van der Waals surface area (Å²) in [6.07, 6.45) is -0.0804. The fourth-order valence-electron chi connectivity index (χ4n) is 3.11. The molecule has 1 aliphatic rings. The Morgan fingerprint density at radius 2 is 1.93 bits per heavy atom. The molecule has 0 amide bonds. The summed E-state index contributed by atoms with van der Waals surface area (Å²) in [6, 6.07) is 14.5. The molecule has 3 aromatic rings. The van der Waals surface area contributed by atoms with Crippen LogP contribution >= 0.6 is 0 Å². The summed E-state index contributed by atoms with van der Waals surface area (Å²) in [6.45, 7) is 1.62. The molecule has 0 unspecified atom stereocenters. The molecule has 0 N–H and O–H groups in total. The van der Waals surface area contributed by atoms with Gasteiger partial charge in [0.15, 0.2) is 11.5 Å². The van der Waals surface area contributed by atoms with Gasteiger partial charge in [-0.3, -0.25) is 4.90 Å². The van der Waals surface area contributed by atoms with Crippen LogP contribution in [-0.2, 0) is 11.3 Å². The molecule has 29 heavy (non-hydrogen) atoms. The Morgan fingerprint density at radius 1 is 1.17 bits per heavy atom. The van der Waals surface area contributed by atoms with Gasteiger partial charge in [0.05, 0.1) is 19.2 Å². The van der Waals surface area contributed by atoms with E-state index in [1.165, 1.54) is 7.11 Å². The van der Waals surface area contributed by atoms with Gasteiger partial charge in [-0.15, -0.1) is 0 Å². The number of para-hydroxylation sites is 2. The number of likely N-dealkylation sites (N-methyl/N-ethyl adjacent to an activating group) is 1. The number of benzene rings is 2. The minimum Gasteiger partial charge on any atom is -0.486 e. The number of ether oxygens (including phenoxy) is 3. The molecule has 2 heterocycles. The Morgan fingerprint density at radius 3 is 2.69 bits per heavy atom. The Balaban J connectivity index is 1.35. The number of rotatable bonds is 6. The van der Waals surface area contributed by atoms with Crippen LogP contribution in [-0.4, -0.2) is 54.4 Å². The summed E-state index contributed by atoms with van der Waals surface area (Å²) in [7, 11) is 3.31. The number of methoxy groups -OCH3 is 1. The maximum absolute atomic E-state index is 11.5. The molecule has 0 spiro atoms. The number of aromatic nitrogens is 2. The van der Waals surface area contributed by atoms with Crippen LogP contribution in [0.5, 0.6) is 11.5 Å². The van der Waals surface area contributed by atoms with Crippen molar-refractivity contribution >= 4 is 5.97 Å². The number of esters is 1. The van der Waals surface area contributed by atoms with Crippen molar-refractivity contribution in [3.8, 4) is 22.9 Å². The molecule has 1 aromatic heterocycles. The number of carbonyl (C=O) groups excluding carboxylic acids is 1. The lowest BCUT2D eigenvalue weighted by Crippen LogP contribution is -2.39. The van der Waals surface area contributed by atoms with Crippen molar-refractivity contribution in [2.45, 2.75) is 12.6 Å². The minimum absolute atomic E-state index is 0.0804. The van der Waals surface area contributed by atoms with Gasteiger partial charge in [0.1, 0.15) is 12.7 Å². The van der Waals surface area contributed by atoms with E-state index in [2.05, 4.69) is 10.1 Å². The third-order valence-electron chi connectivity index (χ3n) is 4.52. The Hall–Kier alpha value is -3.39. The molecule has 0 fully saturated rings. The average molecular weight is 395 g/mol. The highest BCUT2D eigenvalue weighted by Crippen LogP contribution is 2.31. The molecule has 1 atom stereocenters. The van der Waals surface area contributed by atoms with Crippen LogP contribution in [0.2, 0.25) is 0 Å². The van der Waals surface area contributed by atoms with Crippen molar-refractivity contribution in [1.82, 2.24) is 15.0 Å². The van der Waals surface area contributed by atoms with Crippen LogP contribution in [0.4, 0.5) is 0 Å². The van der Waals surface area contributed by atoms with Crippen LogP contribution in [0.25, 0.3) is 11.4 Å². The summed E-state index contributed by atoms with van der Waals surface area (Å²) in [5.74, 6) is 2.11. The first kappa shape index (κ1) is 18.9. The van der Waals surface area contributed by atoms with Crippen LogP contribution in [0, 0.1) is 0 Å². The second-order valence-corrected chi connectivity index (χ2v) is 6.78. The lowest BCUT2D eigenvalue weighted by atomic mass is 10.1. The van der Waals surface area contributed by atoms with Gasteiger partial charge in [-0.05, 0) is 31.3 Å².